The zero-order valence-corrected chi connectivity index (χ0v) is 15.2. The molecule has 19 heavy (non-hydrogen) atoms. The van der Waals surface area contributed by atoms with Crippen LogP contribution in [0, 0.1) is 0 Å². The Morgan fingerprint density at radius 1 is 0.947 bits per heavy atom. The second kappa shape index (κ2) is 6.91. The summed E-state index contributed by atoms with van der Waals surface area (Å²) in [6.45, 7) is 2.18. The molecule has 0 fully saturated rings. The third kappa shape index (κ3) is 3.83. The van der Waals surface area contributed by atoms with Gasteiger partial charge in [0.05, 0.1) is 11.7 Å². The van der Waals surface area contributed by atoms with E-state index >= 15 is 0 Å². The van der Waals surface area contributed by atoms with Crippen LogP contribution in [0.3, 0.4) is 0 Å². The SMILES string of the molecule is CCC(Nc1c(Br)cccc1Br)c1ccc(Br)cc1. The molecule has 1 nitrogen and oxygen atoms in total. The van der Waals surface area contributed by atoms with E-state index in [9.17, 15) is 0 Å². The summed E-state index contributed by atoms with van der Waals surface area (Å²) in [7, 11) is 0. The molecule has 0 aromatic heterocycles. The number of anilines is 1. The Morgan fingerprint density at radius 2 is 1.53 bits per heavy atom. The van der Waals surface area contributed by atoms with Crippen molar-refractivity contribution in [1.29, 1.82) is 0 Å². The van der Waals surface area contributed by atoms with Gasteiger partial charge in [-0.25, -0.2) is 0 Å². The number of nitrogens with one attached hydrogen (secondary N) is 1. The highest BCUT2D eigenvalue weighted by molar-refractivity contribution is 9.11. The lowest BCUT2D eigenvalue weighted by molar-refractivity contribution is 0.748. The molecule has 1 atom stereocenters. The average molecular weight is 448 g/mol. The topological polar surface area (TPSA) is 12.0 Å². The van der Waals surface area contributed by atoms with E-state index in [1.807, 2.05) is 18.2 Å². The fraction of sp³-hybridized carbons (Fsp3) is 0.200. The Balaban J connectivity index is 2.26. The first-order valence-corrected chi connectivity index (χ1v) is 8.45. The van der Waals surface area contributed by atoms with Gasteiger partial charge in [0.25, 0.3) is 0 Å². The largest absolute Gasteiger partial charge is 0.376 e. The maximum absolute atomic E-state index is 3.59. The van der Waals surface area contributed by atoms with Gasteiger partial charge in [0.15, 0.2) is 0 Å². The minimum atomic E-state index is 0.295. The highest BCUT2D eigenvalue weighted by atomic mass is 79.9. The van der Waals surface area contributed by atoms with Crippen molar-refractivity contribution in [3.05, 3.63) is 61.4 Å². The van der Waals surface area contributed by atoms with Gasteiger partial charge in [0, 0.05) is 13.4 Å². The first kappa shape index (κ1) is 15.1. The molecule has 0 saturated carbocycles. The molecule has 0 aliphatic rings. The van der Waals surface area contributed by atoms with Crippen LogP contribution in [0.25, 0.3) is 0 Å². The van der Waals surface area contributed by atoms with Crippen LogP contribution in [-0.4, -0.2) is 0 Å². The Morgan fingerprint density at radius 3 is 2.05 bits per heavy atom. The van der Waals surface area contributed by atoms with Gasteiger partial charge >= 0.3 is 0 Å². The van der Waals surface area contributed by atoms with Crippen LogP contribution in [0.15, 0.2) is 55.9 Å². The minimum absolute atomic E-state index is 0.295. The second-order valence-electron chi connectivity index (χ2n) is 4.25. The minimum Gasteiger partial charge on any atom is -0.376 e. The lowest BCUT2D eigenvalue weighted by Gasteiger charge is -2.21. The summed E-state index contributed by atoms with van der Waals surface area (Å²) in [5, 5.41) is 3.59. The molecule has 4 heteroatoms. The smallest absolute Gasteiger partial charge is 0.0633 e. The number of para-hydroxylation sites is 1. The van der Waals surface area contributed by atoms with E-state index < -0.39 is 0 Å². The molecule has 0 amide bonds. The molecule has 0 aliphatic heterocycles. The zero-order valence-electron chi connectivity index (χ0n) is 10.5. The normalized spacial score (nSPS) is 12.2. The van der Waals surface area contributed by atoms with Crippen LogP contribution in [0.4, 0.5) is 5.69 Å². The second-order valence-corrected chi connectivity index (χ2v) is 6.88. The first-order chi connectivity index (χ1) is 9.11. The van der Waals surface area contributed by atoms with Crippen LogP contribution < -0.4 is 5.32 Å². The molecule has 2 aromatic carbocycles. The van der Waals surface area contributed by atoms with Crippen LogP contribution >= 0.6 is 47.8 Å². The molecule has 2 rings (SSSR count). The zero-order chi connectivity index (χ0) is 13.8. The third-order valence-corrected chi connectivity index (χ3v) is 4.81. The summed E-state index contributed by atoms with van der Waals surface area (Å²) in [4.78, 5) is 0. The standard InChI is InChI=1S/C15H14Br3N/c1-2-14(10-6-8-11(16)9-7-10)19-15-12(17)4-3-5-13(15)18/h3-9,14,19H,2H2,1H3. The summed E-state index contributed by atoms with van der Waals surface area (Å²) < 4.78 is 3.24. The van der Waals surface area contributed by atoms with Crippen molar-refractivity contribution in [2.75, 3.05) is 5.32 Å². The maximum Gasteiger partial charge on any atom is 0.0633 e. The van der Waals surface area contributed by atoms with Gasteiger partial charge in [-0.1, -0.05) is 41.1 Å². The molecule has 0 spiro atoms. The van der Waals surface area contributed by atoms with Crippen LogP contribution in [0.5, 0.6) is 0 Å². The number of hydrogen-bond donors (Lipinski definition) is 1. The van der Waals surface area contributed by atoms with E-state index in [4.69, 9.17) is 0 Å². The molecular weight excluding hydrogens is 434 g/mol. The van der Waals surface area contributed by atoms with Gasteiger partial charge in [-0.05, 0) is 68.1 Å². The third-order valence-electron chi connectivity index (χ3n) is 2.96. The molecule has 0 saturated heterocycles. The summed E-state index contributed by atoms with van der Waals surface area (Å²) in [6, 6.07) is 14.8. The van der Waals surface area contributed by atoms with E-state index in [2.05, 4.69) is 84.3 Å². The van der Waals surface area contributed by atoms with Crippen molar-refractivity contribution in [2.45, 2.75) is 19.4 Å². The molecule has 0 aliphatic carbocycles. The molecule has 0 radical (unpaired) electrons. The number of benzene rings is 2. The lowest BCUT2D eigenvalue weighted by Crippen LogP contribution is -2.10. The van der Waals surface area contributed by atoms with Gasteiger partial charge in [0.2, 0.25) is 0 Å². The fourth-order valence-electron chi connectivity index (χ4n) is 1.93. The molecule has 0 heterocycles. The number of rotatable bonds is 4. The van der Waals surface area contributed by atoms with E-state index in [0.29, 0.717) is 6.04 Å². The van der Waals surface area contributed by atoms with Gasteiger partial charge in [-0.2, -0.15) is 0 Å². The summed E-state index contributed by atoms with van der Waals surface area (Å²) in [5.41, 5.74) is 2.38. The Hall–Kier alpha value is -0.320. The maximum atomic E-state index is 3.59. The van der Waals surface area contributed by atoms with Gasteiger partial charge in [0.1, 0.15) is 0 Å². The van der Waals surface area contributed by atoms with Crippen molar-refractivity contribution in [1.82, 2.24) is 0 Å². The highest BCUT2D eigenvalue weighted by Crippen LogP contribution is 2.34. The Kier molecular flexibility index (Phi) is 5.48. The van der Waals surface area contributed by atoms with Crippen LogP contribution in [0.2, 0.25) is 0 Å². The van der Waals surface area contributed by atoms with Crippen LogP contribution in [0.1, 0.15) is 24.9 Å². The highest BCUT2D eigenvalue weighted by Gasteiger charge is 2.12. The first-order valence-electron chi connectivity index (χ1n) is 6.08. The van der Waals surface area contributed by atoms with Crippen LogP contribution in [-0.2, 0) is 0 Å². The number of hydrogen-bond acceptors (Lipinski definition) is 1. The van der Waals surface area contributed by atoms with Gasteiger partial charge in [-0.15, -0.1) is 0 Å². The molecule has 1 unspecified atom stereocenters. The van der Waals surface area contributed by atoms with Gasteiger partial charge < -0.3 is 5.32 Å². The lowest BCUT2D eigenvalue weighted by atomic mass is 10.0. The monoisotopic (exact) mass is 445 g/mol. The van der Waals surface area contributed by atoms with Crippen molar-refractivity contribution in [3.8, 4) is 0 Å². The molecular formula is C15H14Br3N. The van der Waals surface area contributed by atoms with Crippen molar-refractivity contribution in [2.24, 2.45) is 0 Å². The molecule has 100 valence electrons. The average Bonchev–Trinajstić information content (AvgIpc) is 2.40. The molecule has 2 aromatic rings. The Labute approximate surface area is 139 Å². The number of halogens is 3. The van der Waals surface area contributed by atoms with E-state index in [1.54, 1.807) is 0 Å². The Bertz CT molecular complexity index is 532. The van der Waals surface area contributed by atoms with E-state index in [-0.39, 0.29) is 0 Å². The van der Waals surface area contributed by atoms with Crippen molar-refractivity contribution in [3.63, 3.8) is 0 Å². The fourth-order valence-corrected chi connectivity index (χ4v) is 3.42. The molecule has 0 bridgehead atoms. The predicted octanol–water partition coefficient (Wildman–Crippen LogP) is 6.54. The predicted molar refractivity (Wildman–Crippen MR) is 92.6 cm³/mol. The quantitative estimate of drug-likeness (QED) is 0.561. The summed E-state index contributed by atoms with van der Waals surface area (Å²) in [6.07, 6.45) is 1.02. The summed E-state index contributed by atoms with van der Waals surface area (Å²) in [5.74, 6) is 0. The van der Waals surface area contributed by atoms with Crippen molar-refractivity contribution >= 4 is 53.5 Å². The van der Waals surface area contributed by atoms with Crippen molar-refractivity contribution < 1.29 is 0 Å². The molecule has 1 N–H and O–H groups in total. The summed E-state index contributed by atoms with van der Waals surface area (Å²) >= 11 is 10.6. The van der Waals surface area contributed by atoms with E-state index in [1.165, 1.54) is 5.56 Å². The van der Waals surface area contributed by atoms with E-state index in [0.717, 1.165) is 25.5 Å². The van der Waals surface area contributed by atoms with Gasteiger partial charge in [-0.3, -0.25) is 0 Å².